The summed E-state index contributed by atoms with van der Waals surface area (Å²) in [5, 5.41) is 27.2. The standard InChI is InChI=1S/C13H19NO6/c1-4-20-13(19)10(12(17)18)8(5-7(2)3)9(6-14)11(15)16/h7-10H,4-5H2,1-3H3,(H,15,16)(H,17,18). The largest absolute Gasteiger partial charge is 0.481 e. The van der Waals surface area contributed by atoms with E-state index >= 15 is 0 Å². The summed E-state index contributed by atoms with van der Waals surface area (Å²) < 4.78 is 4.68. The number of carboxylic acid groups (broad SMARTS) is 2. The molecule has 0 aliphatic rings. The van der Waals surface area contributed by atoms with Crippen LogP contribution in [0.5, 0.6) is 0 Å². The molecule has 0 saturated carbocycles. The molecule has 0 rings (SSSR count). The smallest absolute Gasteiger partial charge is 0.321 e. The van der Waals surface area contributed by atoms with Crippen LogP contribution >= 0.6 is 0 Å². The molecule has 20 heavy (non-hydrogen) atoms. The zero-order valence-corrected chi connectivity index (χ0v) is 11.7. The zero-order valence-electron chi connectivity index (χ0n) is 11.7. The minimum absolute atomic E-state index is 0.0126. The van der Waals surface area contributed by atoms with Crippen molar-refractivity contribution in [1.82, 2.24) is 0 Å². The summed E-state index contributed by atoms with van der Waals surface area (Å²) in [6.45, 7) is 5.02. The fourth-order valence-electron chi connectivity index (χ4n) is 2.03. The molecule has 3 unspecified atom stereocenters. The van der Waals surface area contributed by atoms with Crippen LogP contribution in [0, 0.1) is 35.0 Å². The van der Waals surface area contributed by atoms with Crippen molar-refractivity contribution in [3.8, 4) is 6.07 Å². The maximum Gasteiger partial charge on any atom is 0.321 e. The molecule has 0 heterocycles. The molecular weight excluding hydrogens is 266 g/mol. The van der Waals surface area contributed by atoms with Crippen LogP contribution in [-0.2, 0) is 19.1 Å². The van der Waals surface area contributed by atoms with E-state index in [0.717, 1.165) is 0 Å². The third kappa shape index (κ3) is 4.88. The number of carboxylic acids is 2. The van der Waals surface area contributed by atoms with Crippen LogP contribution in [0.1, 0.15) is 27.2 Å². The van der Waals surface area contributed by atoms with Gasteiger partial charge in [0.05, 0.1) is 12.7 Å². The van der Waals surface area contributed by atoms with E-state index in [1.54, 1.807) is 19.9 Å². The molecule has 3 atom stereocenters. The third-order valence-corrected chi connectivity index (χ3v) is 2.81. The van der Waals surface area contributed by atoms with Crippen molar-refractivity contribution in [2.24, 2.45) is 23.7 Å². The Balaban J connectivity index is 5.54. The van der Waals surface area contributed by atoms with Crippen LogP contribution in [0.2, 0.25) is 0 Å². The second-order valence-electron chi connectivity index (χ2n) is 4.81. The number of esters is 1. The van der Waals surface area contributed by atoms with E-state index in [4.69, 9.17) is 10.4 Å². The van der Waals surface area contributed by atoms with Crippen LogP contribution in [-0.4, -0.2) is 34.7 Å². The normalized spacial score (nSPS) is 14.9. The van der Waals surface area contributed by atoms with Gasteiger partial charge in [0.25, 0.3) is 0 Å². The van der Waals surface area contributed by atoms with Gasteiger partial charge in [0.2, 0.25) is 0 Å². The fourth-order valence-corrected chi connectivity index (χ4v) is 2.03. The maximum absolute atomic E-state index is 11.7. The Labute approximate surface area is 117 Å². The molecule has 0 bridgehead atoms. The Bertz CT molecular complexity index is 412. The summed E-state index contributed by atoms with van der Waals surface area (Å²) in [5.74, 6) is -8.34. The first kappa shape index (κ1) is 17.9. The Morgan fingerprint density at radius 3 is 2.05 bits per heavy atom. The van der Waals surface area contributed by atoms with Crippen molar-refractivity contribution in [3.05, 3.63) is 0 Å². The number of aliphatic carboxylic acids is 2. The quantitative estimate of drug-likeness (QED) is 0.506. The Kier molecular flexibility index (Phi) is 7.29. The highest BCUT2D eigenvalue weighted by Gasteiger charge is 2.43. The maximum atomic E-state index is 11.7. The zero-order chi connectivity index (χ0) is 15.9. The van der Waals surface area contributed by atoms with Crippen LogP contribution in [0.3, 0.4) is 0 Å². The van der Waals surface area contributed by atoms with Crippen molar-refractivity contribution in [1.29, 1.82) is 5.26 Å². The van der Waals surface area contributed by atoms with Crippen molar-refractivity contribution in [2.75, 3.05) is 6.61 Å². The first-order chi connectivity index (χ1) is 9.26. The number of hydrogen-bond donors (Lipinski definition) is 2. The molecule has 0 amide bonds. The molecule has 0 saturated heterocycles. The van der Waals surface area contributed by atoms with E-state index in [-0.39, 0.29) is 18.9 Å². The lowest BCUT2D eigenvalue weighted by molar-refractivity contribution is -0.163. The van der Waals surface area contributed by atoms with Gasteiger partial charge in [-0.05, 0) is 19.3 Å². The second kappa shape index (κ2) is 8.15. The van der Waals surface area contributed by atoms with Crippen molar-refractivity contribution < 1.29 is 29.3 Å². The molecule has 2 N–H and O–H groups in total. The SMILES string of the molecule is CCOC(=O)C(C(=O)O)C(CC(C)C)C(C#N)C(=O)O. The van der Waals surface area contributed by atoms with Gasteiger partial charge in [0.1, 0.15) is 5.92 Å². The highest BCUT2D eigenvalue weighted by molar-refractivity contribution is 5.95. The molecule has 0 aliphatic carbocycles. The van der Waals surface area contributed by atoms with Crippen LogP contribution in [0.15, 0.2) is 0 Å². The van der Waals surface area contributed by atoms with Gasteiger partial charge in [-0.1, -0.05) is 13.8 Å². The number of rotatable bonds is 8. The summed E-state index contributed by atoms with van der Waals surface area (Å²) >= 11 is 0. The van der Waals surface area contributed by atoms with Crippen LogP contribution in [0.25, 0.3) is 0 Å². The number of nitrogens with zero attached hydrogens (tertiary/aromatic N) is 1. The van der Waals surface area contributed by atoms with Gasteiger partial charge in [0.15, 0.2) is 5.92 Å². The average Bonchev–Trinajstić information content (AvgIpc) is 2.28. The molecule has 0 aromatic heterocycles. The first-order valence-electron chi connectivity index (χ1n) is 6.28. The van der Waals surface area contributed by atoms with E-state index in [1.165, 1.54) is 6.92 Å². The minimum atomic E-state index is -1.65. The van der Waals surface area contributed by atoms with Crippen LogP contribution < -0.4 is 0 Å². The first-order valence-corrected chi connectivity index (χ1v) is 6.28. The van der Waals surface area contributed by atoms with Gasteiger partial charge in [-0.2, -0.15) is 5.26 Å². The van der Waals surface area contributed by atoms with E-state index in [0.29, 0.717) is 0 Å². The predicted octanol–water partition coefficient (Wildman–Crippen LogP) is 1.14. The molecule has 7 nitrogen and oxygen atoms in total. The topological polar surface area (TPSA) is 125 Å². The van der Waals surface area contributed by atoms with Crippen molar-refractivity contribution in [3.63, 3.8) is 0 Å². The summed E-state index contributed by atoms with van der Waals surface area (Å²) in [6, 6.07) is 1.57. The second-order valence-corrected chi connectivity index (χ2v) is 4.81. The molecule has 112 valence electrons. The minimum Gasteiger partial charge on any atom is -0.481 e. The van der Waals surface area contributed by atoms with E-state index < -0.39 is 35.7 Å². The molecule has 0 aromatic rings. The van der Waals surface area contributed by atoms with Gasteiger partial charge in [-0.25, -0.2) is 0 Å². The number of carbonyl (C=O) groups is 3. The predicted molar refractivity (Wildman–Crippen MR) is 67.4 cm³/mol. The molecular formula is C13H19NO6. The van der Waals surface area contributed by atoms with Gasteiger partial charge in [-0.15, -0.1) is 0 Å². The van der Waals surface area contributed by atoms with Gasteiger partial charge < -0.3 is 14.9 Å². The molecule has 0 fully saturated rings. The highest BCUT2D eigenvalue weighted by Crippen LogP contribution is 2.30. The molecule has 0 spiro atoms. The van der Waals surface area contributed by atoms with Crippen molar-refractivity contribution in [2.45, 2.75) is 27.2 Å². The number of hydrogen-bond acceptors (Lipinski definition) is 5. The number of ether oxygens (including phenoxy) is 1. The number of carbonyl (C=O) groups excluding carboxylic acids is 1. The average molecular weight is 285 g/mol. The summed E-state index contributed by atoms with van der Waals surface area (Å²) in [7, 11) is 0. The Morgan fingerprint density at radius 2 is 1.75 bits per heavy atom. The monoisotopic (exact) mass is 285 g/mol. The molecule has 0 radical (unpaired) electrons. The number of nitriles is 1. The lowest BCUT2D eigenvalue weighted by Crippen LogP contribution is -2.39. The fraction of sp³-hybridized carbons (Fsp3) is 0.692. The van der Waals surface area contributed by atoms with Gasteiger partial charge >= 0.3 is 17.9 Å². The third-order valence-electron chi connectivity index (χ3n) is 2.81. The van der Waals surface area contributed by atoms with Crippen LogP contribution in [0.4, 0.5) is 0 Å². The lowest BCUT2D eigenvalue weighted by Gasteiger charge is -2.25. The molecule has 0 aromatic carbocycles. The lowest BCUT2D eigenvalue weighted by atomic mass is 9.77. The summed E-state index contributed by atoms with van der Waals surface area (Å²) in [5.41, 5.74) is 0. The molecule has 0 aliphatic heterocycles. The Hall–Kier alpha value is -2.10. The van der Waals surface area contributed by atoms with E-state index in [2.05, 4.69) is 4.74 Å². The summed E-state index contributed by atoms with van der Waals surface area (Å²) in [6.07, 6.45) is 0.125. The molecule has 7 heteroatoms. The van der Waals surface area contributed by atoms with Gasteiger partial charge in [-0.3, -0.25) is 14.4 Å². The highest BCUT2D eigenvalue weighted by atomic mass is 16.5. The Morgan fingerprint density at radius 1 is 1.20 bits per heavy atom. The van der Waals surface area contributed by atoms with E-state index in [1.807, 2.05) is 0 Å². The van der Waals surface area contributed by atoms with Gasteiger partial charge in [0, 0.05) is 5.92 Å². The van der Waals surface area contributed by atoms with E-state index in [9.17, 15) is 19.5 Å². The summed E-state index contributed by atoms with van der Waals surface area (Å²) in [4.78, 5) is 34.1. The van der Waals surface area contributed by atoms with Crippen molar-refractivity contribution >= 4 is 17.9 Å².